The Labute approximate surface area is 148 Å². The van der Waals surface area contributed by atoms with Crippen molar-refractivity contribution in [3.63, 3.8) is 0 Å². The summed E-state index contributed by atoms with van der Waals surface area (Å²) in [5.41, 5.74) is 5.56. The van der Waals surface area contributed by atoms with E-state index in [1.165, 1.54) is 22.3 Å². The lowest BCUT2D eigenvalue weighted by Crippen LogP contribution is -1.84. The molecule has 130 valence electrons. The Morgan fingerprint density at radius 2 is 1.09 bits per heavy atom. The summed E-state index contributed by atoms with van der Waals surface area (Å²) in [6, 6.07) is 0. The highest BCUT2D eigenvalue weighted by Crippen LogP contribution is 2.13. The van der Waals surface area contributed by atoms with Crippen molar-refractivity contribution in [3.8, 4) is 0 Å². The molecule has 23 heavy (non-hydrogen) atoms. The van der Waals surface area contributed by atoms with Crippen LogP contribution in [0, 0.1) is 0 Å². The number of allylic oxidation sites excluding steroid dienone is 8. The summed E-state index contributed by atoms with van der Waals surface area (Å²) in [6.07, 6.45) is 15.8. The summed E-state index contributed by atoms with van der Waals surface area (Å²) in [4.78, 5) is 10.7. The molecule has 0 aromatic carbocycles. The maximum Gasteiger partial charge on any atom is 0.225 e. The molecule has 0 aliphatic rings. The van der Waals surface area contributed by atoms with E-state index < -0.39 is 0 Å². The van der Waals surface area contributed by atoms with Crippen molar-refractivity contribution in [2.45, 2.75) is 79.6 Å². The van der Waals surface area contributed by atoms with Gasteiger partial charge in [0.2, 0.25) is 5.24 Å². The molecule has 0 radical (unpaired) electrons. The molecule has 0 atom stereocenters. The second-order valence-corrected chi connectivity index (χ2v) is 7.03. The summed E-state index contributed by atoms with van der Waals surface area (Å²) in [7, 11) is 0. The van der Waals surface area contributed by atoms with Crippen LogP contribution in [-0.4, -0.2) is 5.24 Å². The van der Waals surface area contributed by atoms with Gasteiger partial charge < -0.3 is 0 Å². The molecule has 0 amide bonds. The standard InChI is InChI=1S/C21H33ClO/c1-17(2)9-6-10-18(3)11-7-12-19(4)13-8-14-20(5)15-16-21(22)23/h9,11,13,15H,6-8,10,12,14,16H2,1-5H3/b18-11+,19-13+,20-15+. The van der Waals surface area contributed by atoms with Crippen molar-refractivity contribution < 1.29 is 4.79 Å². The van der Waals surface area contributed by atoms with Crippen LogP contribution in [0.25, 0.3) is 0 Å². The van der Waals surface area contributed by atoms with Gasteiger partial charge in [-0.3, -0.25) is 4.79 Å². The van der Waals surface area contributed by atoms with E-state index in [0.29, 0.717) is 6.42 Å². The third kappa shape index (κ3) is 15.6. The predicted octanol–water partition coefficient (Wildman–Crippen LogP) is 7.29. The number of halogens is 1. The van der Waals surface area contributed by atoms with Crippen LogP contribution in [-0.2, 0) is 4.79 Å². The normalized spacial score (nSPS) is 13.2. The number of hydrogen-bond donors (Lipinski definition) is 0. The van der Waals surface area contributed by atoms with Gasteiger partial charge in [0.25, 0.3) is 0 Å². The van der Waals surface area contributed by atoms with Gasteiger partial charge in [-0.1, -0.05) is 46.6 Å². The van der Waals surface area contributed by atoms with Crippen molar-refractivity contribution in [2.75, 3.05) is 0 Å². The Hall–Kier alpha value is -1.08. The molecule has 0 fully saturated rings. The molecular weight excluding hydrogens is 304 g/mol. The van der Waals surface area contributed by atoms with E-state index in [-0.39, 0.29) is 5.24 Å². The Morgan fingerprint density at radius 1 is 0.696 bits per heavy atom. The zero-order valence-electron chi connectivity index (χ0n) is 15.5. The van der Waals surface area contributed by atoms with Gasteiger partial charge in [0, 0.05) is 6.42 Å². The van der Waals surface area contributed by atoms with Gasteiger partial charge in [0.05, 0.1) is 0 Å². The summed E-state index contributed by atoms with van der Waals surface area (Å²) in [6.45, 7) is 10.8. The molecule has 0 aromatic rings. The second kappa shape index (κ2) is 13.4. The Bertz CT molecular complexity index is 474. The summed E-state index contributed by atoms with van der Waals surface area (Å²) < 4.78 is 0. The fourth-order valence-corrected chi connectivity index (χ4v) is 2.32. The van der Waals surface area contributed by atoms with Gasteiger partial charge >= 0.3 is 0 Å². The zero-order valence-corrected chi connectivity index (χ0v) is 16.3. The van der Waals surface area contributed by atoms with Crippen LogP contribution in [0.4, 0.5) is 0 Å². The smallest absolute Gasteiger partial charge is 0.225 e. The minimum absolute atomic E-state index is 0.289. The first kappa shape index (κ1) is 21.9. The number of carbonyl (C=O) groups is 1. The van der Waals surface area contributed by atoms with Crippen molar-refractivity contribution in [2.24, 2.45) is 0 Å². The first-order valence-electron chi connectivity index (χ1n) is 8.60. The number of hydrogen-bond acceptors (Lipinski definition) is 1. The van der Waals surface area contributed by atoms with Crippen LogP contribution < -0.4 is 0 Å². The second-order valence-electron chi connectivity index (χ2n) is 6.61. The molecule has 0 bridgehead atoms. The van der Waals surface area contributed by atoms with Gasteiger partial charge in [-0.25, -0.2) is 0 Å². The molecule has 0 aliphatic heterocycles. The van der Waals surface area contributed by atoms with E-state index in [4.69, 9.17) is 11.6 Å². The molecule has 0 aliphatic carbocycles. The molecular formula is C21H33ClO. The van der Waals surface area contributed by atoms with Gasteiger partial charge in [-0.2, -0.15) is 0 Å². The Kier molecular flexibility index (Phi) is 12.7. The first-order valence-corrected chi connectivity index (χ1v) is 8.97. The van der Waals surface area contributed by atoms with Crippen LogP contribution in [0.5, 0.6) is 0 Å². The van der Waals surface area contributed by atoms with Crippen LogP contribution in [0.3, 0.4) is 0 Å². The highest BCUT2D eigenvalue weighted by Gasteiger charge is 1.95. The summed E-state index contributed by atoms with van der Waals surface area (Å²) in [5, 5.41) is -0.289. The zero-order chi connectivity index (χ0) is 17.7. The first-order chi connectivity index (χ1) is 10.8. The predicted molar refractivity (Wildman–Crippen MR) is 104 cm³/mol. The quantitative estimate of drug-likeness (QED) is 0.286. The topological polar surface area (TPSA) is 17.1 Å². The fraction of sp³-hybridized carbons (Fsp3) is 0.571. The monoisotopic (exact) mass is 336 g/mol. The molecule has 0 unspecified atom stereocenters. The lowest BCUT2D eigenvalue weighted by Gasteiger charge is -2.02. The maximum atomic E-state index is 10.7. The molecule has 2 heteroatoms. The van der Waals surface area contributed by atoms with Crippen molar-refractivity contribution in [1.82, 2.24) is 0 Å². The molecule has 1 nitrogen and oxygen atoms in total. The van der Waals surface area contributed by atoms with Crippen LogP contribution in [0.1, 0.15) is 79.6 Å². The lowest BCUT2D eigenvalue weighted by atomic mass is 10.0. The highest BCUT2D eigenvalue weighted by molar-refractivity contribution is 6.63. The lowest BCUT2D eigenvalue weighted by molar-refractivity contribution is -0.110. The summed E-state index contributed by atoms with van der Waals surface area (Å²) >= 11 is 5.33. The van der Waals surface area contributed by atoms with Gasteiger partial charge in [-0.15, -0.1) is 0 Å². The van der Waals surface area contributed by atoms with E-state index in [2.05, 4.69) is 52.8 Å². The van der Waals surface area contributed by atoms with Gasteiger partial charge in [-0.05, 0) is 84.7 Å². The molecule has 0 N–H and O–H groups in total. The third-order valence-corrected chi connectivity index (χ3v) is 3.92. The number of rotatable bonds is 11. The Morgan fingerprint density at radius 3 is 1.48 bits per heavy atom. The van der Waals surface area contributed by atoms with Crippen molar-refractivity contribution in [3.05, 3.63) is 46.6 Å². The molecule has 0 heterocycles. The van der Waals surface area contributed by atoms with Crippen LogP contribution in [0.2, 0.25) is 0 Å². The van der Waals surface area contributed by atoms with Crippen LogP contribution >= 0.6 is 11.6 Å². The minimum atomic E-state index is -0.289. The van der Waals surface area contributed by atoms with Crippen molar-refractivity contribution in [1.29, 1.82) is 0 Å². The SMILES string of the molecule is CC(C)=CCC/C(C)=C/CC/C(C)=C/CC/C(C)=C/CC(=O)Cl. The van der Waals surface area contributed by atoms with Gasteiger partial charge in [0.1, 0.15) is 0 Å². The van der Waals surface area contributed by atoms with E-state index in [0.717, 1.165) is 38.5 Å². The summed E-state index contributed by atoms with van der Waals surface area (Å²) in [5.74, 6) is 0. The van der Waals surface area contributed by atoms with E-state index in [1.54, 1.807) is 0 Å². The van der Waals surface area contributed by atoms with Crippen molar-refractivity contribution >= 4 is 16.8 Å². The Balaban J connectivity index is 4.00. The fourth-order valence-electron chi connectivity index (χ4n) is 2.24. The molecule has 0 aromatic heterocycles. The van der Waals surface area contributed by atoms with E-state index >= 15 is 0 Å². The van der Waals surface area contributed by atoms with E-state index in [9.17, 15) is 4.79 Å². The molecule has 0 spiro atoms. The highest BCUT2D eigenvalue weighted by atomic mass is 35.5. The minimum Gasteiger partial charge on any atom is -0.281 e. The average molecular weight is 337 g/mol. The number of carbonyl (C=O) groups excluding carboxylic acids is 1. The van der Waals surface area contributed by atoms with Crippen LogP contribution in [0.15, 0.2) is 46.6 Å². The van der Waals surface area contributed by atoms with E-state index in [1.807, 2.05) is 6.08 Å². The average Bonchev–Trinajstić information content (AvgIpc) is 2.44. The molecule has 0 saturated carbocycles. The largest absolute Gasteiger partial charge is 0.281 e. The third-order valence-electron chi connectivity index (χ3n) is 3.77. The maximum absolute atomic E-state index is 10.7. The molecule has 0 saturated heterocycles. The van der Waals surface area contributed by atoms with Gasteiger partial charge in [0.15, 0.2) is 0 Å². The molecule has 0 rings (SSSR count).